The summed E-state index contributed by atoms with van der Waals surface area (Å²) in [5.74, 6) is 0. The summed E-state index contributed by atoms with van der Waals surface area (Å²) in [5.41, 5.74) is 0. The van der Waals surface area contributed by atoms with E-state index in [2.05, 4.69) is 27.7 Å². The fraction of sp³-hybridized carbons (Fsp3) is 0.833. The Bertz CT molecular complexity index is 119. The van der Waals surface area contributed by atoms with Crippen LogP contribution in [0.5, 0.6) is 0 Å². The SMILES string of the molecule is CCC(CC)O/C=C/OC(CC)CC. The first-order valence-electron chi connectivity index (χ1n) is 5.74. The van der Waals surface area contributed by atoms with Crippen molar-refractivity contribution in [2.75, 3.05) is 0 Å². The van der Waals surface area contributed by atoms with Gasteiger partial charge in [0.2, 0.25) is 0 Å². The zero-order chi connectivity index (χ0) is 10.8. The summed E-state index contributed by atoms with van der Waals surface area (Å²) < 4.78 is 10.9. The molecule has 0 radical (unpaired) electrons. The maximum atomic E-state index is 5.47. The van der Waals surface area contributed by atoms with Gasteiger partial charge in [0, 0.05) is 0 Å². The number of hydrogen-bond donors (Lipinski definition) is 0. The van der Waals surface area contributed by atoms with E-state index in [1.165, 1.54) is 0 Å². The first-order valence-corrected chi connectivity index (χ1v) is 5.74. The van der Waals surface area contributed by atoms with Crippen LogP contribution in [-0.2, 0) is 9.47 Å². The van der Waals surface area contributed by atoms with Crippen LogP contribution in [0.3, 0.4) is 0 Å². The fourth-order valence-corrected chi connectivity index (χ4v) is 1.25. The molecule has 0 unspecified atom stereocenters. The Morgan fingerprint density at radius 1 is 0.714 bits per heavy atom. The van der Waals surface area contributed by atoms with Crippen LogP contribution in [0.1, 0.15) is 53.4 Å². The summed E-state index contributed by atoms with van der Waals surface area (Å²) in [6, 6.07) is 0. The Morgan fingerprint density at radius 3 is 1.21 bits per heavy atom. The average molecular weight is 200 g/mol. The van der Waals surface area contributed by atoms with Crippen LogP contribution >= 0.6 is 0 Å². The average Bonchev–Trinajstić information content (AvgIpc) is 2.24. The largest absolute Gasteiger partial charge is 0.495 e. The normalized spacial score (nSPS) is 11.6. The lowest BCUT2D eigenvalue weighted by Gasteiger charge is -2.13. The van der Waals surface area contributed by atoms with Crippen LogP contribution in [0.2, 0.25) is 0 Å². The van der Waals surface area contributed by atoms with Gasteiger partial charge in [-0.3, -0.25) is 0 Å². The molecule has 0 rings (SSSR count). The van der Waals surface area contributed by atoms with Crippen LogP contribution in [0, 0.1) is 0 Å². The Morgan fingerprint density at radius 2 is 1.00 bits per heavy atom. The molecule has 0 amide bonds. The third-order valence-corrected chi connectivity index (χ3v) is 2.42. The van der Waals surface area contributed by atoms with Gasteiger partial charge in [-0.2, -0.15) is 0 Å². The van der Waals surface area contributed by atoms with Crippen LogP contribution < -0.4 is 0 Å². The van der Waals surface area contributed by atoms with Crippen molar-refractivity contribution >= 4 is 0 Å². The van der Waals surface area contributed by atoms with E-state index in [0.717, 1.165) is 25.7 Å². The minimum Gasteiger partial charge on any atom is -0.495 e. The second-order valence-electron chi connectivity index (χ2n) is 3.42. The van der Waals surface area contributed by atoms with Crippen molar-refractivity contribution in [3.63, 3.8) is 0 Å². The van der Waals surface area contributed by atoms with Gasteiger partial charge in [0.1, 0.15) is 12.5 Å². The van der Waals surface area contributed by atoms with Crippen molar-refractivity contribution in [3.8, 4) is 0 Å². The van der Waals surface area contributed by atoms with Gasteiger partial charge in [-0.25, -0.2) is 0 Å². The van der Waals surface area contributed by atoms with Gasteiger partial charge in [0.25, 0.3) is 0 Å². The second-order valence-corrected chi connectivity index (χ2v) is 3.42. The Labute approximate surface area is 88.3 Å². The zero-order valence-electron chi connectivity index (χ0n) is 9.95. The quantitative estimate of drug-likeness (QED) is 0.554. The molecule has 0 aromatic heterocycles. The van der Waals surface area contributed by atoms with Gasteiger partial charge >= 0.3 is 0 Å². The molecule has 0 aliphatic rings. The smallest absolute Gasteiger partial charge is 0.118 e. The highest BCUT2D eigenvalue weighted by molar-refractivity contribution is 4.67. The van der Waals surface area contributed by atoms with Crippen molar-refractivity contribution in [2.45, 2.75) is 65.6 Å². The summed E-state index contributed by atoms with van der Waals surface area (Å²) in [6.07, 6.45) is 8.20. The molecule has 14 heavy (non-hydrogen) atoms. The molecular weight excluding hydrogens is 176 g/mol. The van der Waals surface area contributed by atoms with Crippen molar-refractivity contribution in [3.05, 3.63) is 12.5 Å². The summed E-state index contributed by atoms with van der Waals surface area (Å²) in [6.45, 7) is 8.51. The Balaban J connectivity index is 3.61. The molecule has 0 spiro atoms. The van der Waals surface area contributed by atoms with Gasteiger partial charge in [0.15, 0.2) is 0 Å². The minimum atomic E-state index is 0.330. The van der Waals surface area contributed by atoms with E-state index in [0.29, 0.717) is 12.2 Å². The Kier molecular flexibility index (Phi) is 8.50. The van der Waals surface area contributed by atoms with Crippen molar-refractivity contribution in [1.29, 1.82) is 0 Å². The molecular formula is C12H24O2. The van der Waals surface area contributed by atoms with E-state index in [1.54, 1.807) is 12.5 Å². The van der Waals surface area contributed by atoms with E-state index in [-0.39, 0.29) is 0 Å². The molecule has 0 aliphatic carbocycles. The highest BCUT2D eigenvalue weighted by Gasteiger charge is 2.01. The van der Waals surface area contributed by atoms with E-state index >= 15 is 0 Å². The molecule has 0 saturated heterocycles. The van der Waals surface area contributed by atoms with E-state index < -0.39 is 0 Å². The topological polar surface area (TPSA) is 18.5 Å². The van der Waals surface area contributed by atoms with E-state index in [9.17, 15) is 0 Å². The molecule has 84 valence electrons. The predicted molar refractivity (Wildman–Crippen MR) is 60.1 cm³/mol. The van der Waals surface area contributed by atoms with Crippen LogP contribution in [0.25, 0.3) is 0 Å². The van der Waals surface area contributed by atoms with Gasteiger partial charge < -0.3 is 9.47 Å². The molecule has 0 saturated carbocycles. The number of rotatable bonds is 8. The maximum absolute atomic E-state index is 5.47. The van der Waals surface area contributed by atoms with Gasteiger partial charge in [-0.15, -0.1) is 0 Å². The van der Waals surface area contributed by atoms with Gasteiger partial charge in [-0.05, 0) is 25.7 Å². The highest BCUT2D eigenvalue weighted by Crippen LogP contribution is 2.05. The number of hydrogen-bond acceptors (Lipinski definition) is 2. The molecule has 0 aromatic carbocycles. The van der Waals surface area contributed by atoms with Gasteiger partial charge in [-0.1, -0.05) is 27.7 Å². The van der Waals surface area contributed by atoms with E-state index in [1.807, 2.05) is 0 Å². The minimum absolute atomic E-state index is 0.330. The molecule has 0 heterocycles. The second kappa shape index (κ2) is 8.92. The van der Waals surface area contributed by atoms with Crippen LogP contribution in [-0.4, -0.2) is 12.2 Å². The first kappa shape index (κ1) is 13.3. The van der Waals surface area contributed by atoms with Crippen molar-refractivity contribution in [2.24, 2.45) is 0 Å². The molecule has 0 N–H and O–H groups in total. The fourth-order valence-electron chi connectivity index (χ4n) is 1.25. The molecule has 2 heteroatoms. The molecule has 0 fully saturated rings. The lowest BCUT2D eigenvalue weighted by molar-refractivity contribution is 0.101. The highest BCUT2D eigenvalue weighted by atomic mass is 16.5. The third-order valence-electron chi connectivity index (χ3n) is 2.42. The van der Waals surface area contributed by atoms with Crippen molar-refractivity contribution < 1.29 is 9.47 Å². The summed E-state index contributed by atoms with van der Waals surface area (Å²) in [7, 11) is 0. The zero-order valence-corrected chi connectivity index (χ0v) is 9.95. The third kappa shape index (κ3) is 5.90. The molecule has 2 nitrogen and oxygen atoms in total. The molecule has 0 bridgehead atoms. The monoisotopic (exact) mass is 200 g/mol. The molecule has 0 aromatic rings. The van der Waals surface area contributed by atoms with Crippen LogP contribution in [0.4, 0.5) is 0 Å². The first-order chi connectivity index (χ1) is 6.78. The standard InChI is InChI=1S/C12H24O2/c1-5-11(6-2)13-9-10-14-12(7-3)8-4/h9-12H,5-8H2,1-4H3/b10-9+. The van der Waals surface area contributed by atoms with Crippen molar-refractivity contribution in [1.82, 2.24) is 0 Å². The lowest BCUT2D eigenvalue weighted by atomic mass is 10.2. The lowest BCUT2D eigenvalue weighted by Crippen LogP contribution is -2.07. The summed E-state index contributed by atoms with van der Waals surface area (Å²) >= 11 is 0. The predicted octanol–water partition coefficient (Wildman–Crippen LogP) is 3.87. The van der Waals surface area contributed by atoms with E-state index in [4.69, 9.17) is 9.47 Å². The van der Waals surface area contributed by atoms with Crippen LogP contribution in [0.15, 0.2) is 12.5 Å². The Hall–Kier alpha value is -0.660. The molecule has 0 aliphatic heterocycles. The number of ether oxygens (including phenoxy) is 2. The summed E-state index contributed by atoms with van der Waals surface area (Å²) in [5, 5.41) is 0. The summed E-state index contributed by atoms with van der Waals surface area (Å²) in [4.78, 5) is 0. The molecule has 0 atom stereocenters. The maximum Gasteiger partial charge on any atom is 0.118 e. The van der Waals surface area contributed by atoms with Gasteiger partial charge in [0.05, 0.1) is 12.2 Å².